The van der Waals surface area contributed by atoms with E-state index in [-0.39, 0.29) is 0 Å². The van der Waals surface area contributed by atoms with E-state index in [0.717, 1.165) is 30.0 Å². The summed E-state index contributed by atoms with van der Waals surface area (Å²) in [5, 5.41) is 0.417. The molecule has 5 heteroatoms. The lowest BCUT2D eigenvalue weighted by molar-refractivity contribution is 0.661. The predicted octanol–water partition coefficient (Wildman–Crippen LogP) is 3.48. The third-order valence-corrected chi connectivity index (χ3v) is 3.36. The number of aromatic nitrogens is 4. The van der Waals surface area contributed by atoms with Gasteiger partial charge in [-0.15, -0.1) is 0 Å². The first-order valence-corrected chi connectivity index (χ1v) is 7.06. The van der Waals surface area contributed by atoms with Crippen LogP contribution in [-0.4, -0.2) is 19.5 Å². The first kappa shape index (κ1) is 13.1. The Hall–Kier alpha value is -1.94. The lowest BCUT2D eigenvalue weighted by atomic mass is 10.3. The molecule has 0 radical (unpaired) electrons. The molecule has 1 aromatic carbocycles. The highest BCUT2D eigenvalue weighted by molar-refractivity contribution is 6.29. The first-order valence-electron chi connectivity index (χ1n) is 6.68. The average Bonchev–Trinajstić information content (AvgIpc) is 2.77. The quantitative estimate of drug-likeness (QED) is 0.737. The molecule has 0 unspecified atom stereocenters. The monoisotopic (exact) mass is 286 g/mol. The van der Waals surface area contributed by atoms with Crippen LogP contribution >= 0.6 is 11.6 Å². The van der Waals surface area contributed by atoms with Gasteiger partial charge in [0.05, 0.1) is 22.9 Å². The number of benzene rings is 1. The molecule has 0 spiro atoms. The fourth-order valence-electron chi connectivity index (χ4n) is 2.36. The first-order chi connectivity index (χ1) is 9.78. The van der Waals surface area contributed by atoms with Gasteiger partial charge in [-0.25, -0.2) is 9.97 Å². The topological polar surface area (TPSA) is 43.6 Å². The molecular weight excluding hydrogens is 272 g/mol. The van der Waals surface area contributed by atoms with E-state index in [4.69, 9.17) is 16.6 Å². The zero-order chi connectivity index (χ0) is 13.9. The normalized spacial score (nSPS) is 11.1. The fourth-order valence-corrected chi connectivity index (χ4v) is 2.53. The number of aryl methyl sites for hydroxylation is 1. The van der Waals surface area contributed by atoms with Crippen molar-refractivity contribution in [3.05, 3.63) is 53.3 Å². The Labute approximate surface area is 122 Å². The molecular formula is C15H15ClN4. The molecule has 0 bridgehead atoms. The maximum absolute atomic E-state index is 5.89. The van der Waals surface area contributed by atoms with Crippen molar-refractivity contribution in [3.63, 3.8) is 0 Å². The second-order valence-electron chi connectivity index (χ2n) is 4.68. The Morgan fingerprint density at radius 2 is 2.00 bits per heavy atom. The Morgan fingerprint density at radius 3 is 2.80 bits per heavy atom. The number of para-hydroxylation sites is 2. The molecule has 0 aliphatic carbocycles. The molecule has 0 aliphatic heterocycles. The number of nitrogens with zero attached hydrogens (tertiary/aromatic N) is 4. The van der Waals surface area contributed by atoms with Crippen molar-refractivity contribution in [2.24, 2.45) is 0 Å². The number of imidazole rings is 1. The van der Waals surface area contributed by atoms with Gasteiger partial charge >= 0.3 is 0 Å². The third-order valence-electron chi connectivity index (χ3n) is 3.18. The van der Waals surface area contributed by atoms with E-state index in [1.54, 1.807) is 12.4 Å². The second-order valence-corrected chi connectivity index (χ2v) is 5.07. The van der Waals surface area contributed by atoms with Crippen molar-refractivity contribution in [1.29, 1.82) is 0 Å². The van der Waals surface area contributed by atoms with Crippen molar-refractivity contribution < 1.29 is 0 Å². The van der Waals surface area contributed by atoms with Gasteiger partial charge in [0.1, 0.15) is 11.0 Å². The van der Waals surface area contributed by atoms with Crippen LogP contribution in [0.15, 0.2) is 36.7 Å². The zero-order valence-corrected chi connectivity index (χ0v) is 12.0. The molecule has 3 rings (SSSR count). The van der Waals surface area contributed by atoms with Crippen molar-refractivity contribution in [2.45, 2.75) is 26.3 Å². The maximum Gasteiger partial charge on any atom is 0.147 e. The summed E-state index contributed by atoms with van der Waals surface area (Å²) in [4.78, 5) is 13.1. The van der Waals surface area contributed by atoms with Gasteiger partial charge in [-0.2, -0.15) is 0 Å². The van der Waals surface area contributed by atoms with E-state index >= 15 is 0 Å². The van der Waals surface area contributed by atoms with Crippen LogP contribution in [0.25, 0.3) is 11.0 Å². The Morgan fingerprint density at radius 1 is 1.15 bits per heavy atom. The van der Waals surface area contributed by atoms with Crippen molar-refractivity contribution in [2.75, 3.05) is 0 Å². The lowest BCUT2D eigenvalue weighted by Gasteiger charge is -2.07. The number of halogens is 1. The summed E-state index contributed by atoms with van der Waals surface area (Å²) in [7, 11) is 0. The highest BCUT2D eigenvalue weighted by Gasteiger charge is 2.11. The van der Waals surface area contributed by atoms with Gasteiger partial charge in [0.15, 0.2) is 0 Å². The minimum atomic E-state index is 0.417. The molecule has 4 nitrogen and oxygen atoms in total. The summed E-state index contributed by atoms with van der Waals surface area (Å²) in [5.41, 5.74) is 3.02. The van der Waals surface area contributed by atoms with Crippen LogP contribution in [0.5, 0.6) is 0 Å². The van der Waals surface area contributed by atoms with Crippen LogP contribution in [0.1, 0.15) is 24.9 Å². The number of hydrogen-bond acceptors (Lipinski definition) is 3. The Bertz CT molecular complexity index is 736. The Balaban J connectivity index is 2.04. The van der Waals surface area contributed by atoms with Crippen molar-refractivity contribution in [1.82, 2.24) is 19.5 Å². The number of rotatable bonds is 4. The van der Waals surface area contributed by atoms with Crippen LogP contribution in [-0.2, 0) is 13.0 Å². The Kier molecular flexibility index (Phi) is 3.65. The van der Waals surface area contributed by atoms with Crippen LogP contribution in [0.4, 0.5) is 0 Å². The van der Waals surface area contributed by atoms with Gasteiger partial charge in [0.25, 0.3) is 0 Å². The van der Waals surface area contributed by atoms with E-state index in [2.05, 4.69) is 27.5 Å². The minimum Gasteiger partial charge on any atom is -0.328 e. The molecule has 20 heavy (non-hydrogen) atoms. The molecule has 0 N–H and O–H groups in total. The fraction of sp³-hybridized carbons (Fsp3) is 0.267. The summed E-state index contributed by atoms with van der Waals surface area (Å²) >= 11 is 5.89. The standard InChI is InChI=1S/C15H15ClN4/c1-2-7-20-13-6-4-3-5-12(13)19-15(20)8-11-9-17-10-14(16)18-11/h3-6,9-10H,2,7-8H2,1H3. The van der Waals surface area contributed by atoms with Gasteiger partial charge in [0, 0.05) is 19.2 Å². The second kappa shape index (κ2) is 5.59. The number of fused-ring (bicyclic) bond motifs is 1. The lowest BCUT2D eigenvalue weighted by Crippen LogP contribution is -2.05. The molecule has 0 aliphatic rings. The van der Waals surface area contributed by atoms with E-state index < -0.39 is 0 Å². The summed E-state index contributed by atoms with van der Waals surface area (Å²) in [6, 6.07) is 8.19. The molecule has 0 amide bonds. The van der Waals surface area contributed by atoms with E-state index in [1.165, 1.54) is 5.52 Å². The third kappa shape index (κ3) is 2.51. The van der Waals surface area contributed by atoms with Gasteiger partial charge in [0.2, 0.25) is 0 Å². The predicted molar refractivity (Wildman–Crippen MR) is 79.9 cm³/mol. The van der Waals surface area contributed by atoms with Crippen molar-refractivity contribution in [3.8, 4) is 0 Å². The average molecular weight is 287 g/mol. The summed E-state index contributed by atoms with van der Waals surface area (Å²) in [6.45, 7) is 3.11. The number of hydrogen-bond donors (Lipinski definition) is 0. The summed E-state index contributed by atoms with van der Waals surface area (Å²) < 4.78 is 2.25. The van der Waals surface area contributed by atoms with Crippen LogP contribution in [0.3, 0.4) is 0 Å². The molecule has 0 saturated carbocycles. The van der Waals surface area contributed by atoms with Crippen LogP contribution < -0.4 is 0 Å². The molecule has 2 heterocycles. The molecule has 102 valence electrons. The largest absolute Gasteiger partial charge is 0.328 e. The van der Waals surface area contributed by atoms with Gasteiger partial charge in [-0.3, -0.25) is 4.98 Å². The maximum atomic E-state index is 5.89. The molecule has 0 saturated heterocycles. The highest BCUT2D eigenvalue weighted by atomic mass is 35.5. The van der Waals surface area contributed by atoms with Gasteiger partial charge in [-0.05, 0) is 18.6 Å². The summed E-state index contributed by atoms with van der Waals surface area (Å²) in [6.07, 6.45) is 4.98. The zero-order valence-electron chi connectivity index (χ0n) is 11.3. The van der Waals surface area contributed by atoms with E-state index in [1.807, 2.05) is 18.2 Å². The molecule has 2 aromatic heterocycles. The molecule has 0 fully saturated rings. The minimum absolute atomic E-state index is 0.417. The molecule has 0 atom stereocenters. The van der Waals surface area contributed by atoms with E-state index in [0.29, 0.717) is 11.6 Å². The molecule has 3 aromatic rings. The van der Waals surface area contributed by atoms with E-state index in [9.17, 15) is 0 Å². The van der Waals surface area contributed by atoms with Gasteiger partial charge < -0.3 is 4.57 Å². The van der Waals surface area contributed by atoms with Gasteiger partial charge in [-0.1, -0.05) is 30.7 Å². The SMILES string of the molecule is CCCn1c(Cc2cncc(Cl)n2)nc2ccccc21. The highest BCUT2D eigenvalue weighted by Crippen LogP contribution is 2.18. The van der Waals surface area contributed by atoms with Crippen LogP contribution in [0.2, 0.25) is 5.15 Å². The van der Waals surface area contributed by atoms with Crippen molar-refractivity contribution >= 4 is 22.6 Å². The van der Waals surface area contributed by atoms with Crippen LogP contribution in [0, 0.1) is 0 Å². The summed E-state index contributed by atoms with van der Waals surface area (Å²) in [5.74, 6) is 1.00. The smallest absolute Gasteiger partial charge is 0.147 e.